The molecule has 0 aromatic carbocycles. The Morgan fingerprint density at radius 3 is 2.94 bits per heavy atom. The Labute approximate surface area is 102 Å². The van der Waals surface area contributed by atoms with Gasteiger partial charge in [-0.3, -0.25) is 0 Å². The van der Waals surface area contributed by atoms with Crippen LogP contribution in [0.2, 0.25) is 0 Å². The van der Waals surface area contributed by atoms with E-state index >= 15 is 0 Å². The van der Waals surface area contributed by atoms with Crippen LogP contribution in [0, 0.1) is 5.92 Å². The molecule has 0 radical (unpaired) electrons. The summed E-state index contributed by atoms with van der Waals surface area (Å²) in [4.78, 5) is 4.65. The predicted octanol–water partition coefficient (Wildman–Crippen LogP) is 1.72. The van der Waals surface area contributed by atoms with E-state index in [0.29, 0.717) is 11.8 Å². The second-order valence-electron chi connectivity index (χ2n) is 5.12. The molecule has 17 heavy (non-hydrogen) atoms. The normalized spacial score (nSPS) is 26.5. The van der Waals surface area contributed by atoms with Crippen molar-refractivity contribution in [2.45, 2.75) is 31.6 Å². The lowest BCUT2D eigenvalue weighted by atomic mass is 9.97. The third-order valence-corrected chi connectivity index (χ3v) is 3.83. The standard InChI is InChI=1S/C13H20N2O2/c1-4-14-8-10(1)7-13-15-12(9-17-13)11-2-5-16-6-3-11/h9-11,14H,1-8H2. The van der Waals surface area contributed by atoms with Gasteiger partial charge in [-0.2, -0.15) is 0 Å². The van der Waals surface area contributed by atoms with Gasteiger partial charge in [-0.05, 0) is 38.3 Å². The number of hydrogen-bond donors (Lipinski definition) is 1. The minimum atomic E-state index is 0.544. The van der Waals surface area contributed by atoms with Gasteiger partial charge in [0.15, 0.2) is 5.89 Å². The number of oxazole rings is 1. The van der Waals surface area contributed by atoms with Crippen LogP contribution in [0.5, 0.6) is 0 Å². The molecule has 1 unspecified atom stereocenters. The Morgan fingerprint density at radius 2 is 2.18 bits per heavy atom. The fraction of sp³-hybridized carbons (Fsp3) is 0.769. The molecule has 1 aromatic heterocycles. The highest BCUT2D eigenvalue weighted by Crippen LogP contribution is 2.26. The average molecular weight is 236 g/mol. The summed E-state index contributed by atoms with van der Waals surface area (Å²) >= 11 is 0. The minimum Gasteiger partial charge on any atom is -0.449 e. The van der Waals surface area contributed by atoms with Gasteiger partial charge in [0.25, 0.3) is 0 Å². The van der Waals surface area contributed by atoms with Gasteiger partial charge in [0, 0.05) is 25.6 Å². The molecule has 0 saturated carbocycles. The summed E-state index contributed by atoms with van der Waals surface area (Å²) in [7, 11) is 0. The molecule has 4 heteroatoms. The van der Waals surface area contributed by atoms with E-state index in [-0.39, 0.29) is 0 Å². The van der Waals surface area contributed by atoms with Crippen molar-refractivity contribution in [3.8, 4) is 0 Å². The molecule has 94 valence electrons. The zero-order chi connectivity index (χ0) is 11.5. The highest BCUT2D eigenvalue weighted by Gasteiger charge is 2.21. The molecule has 2 fully saturated rings. The SMILES string of the molecule is c1oc(CC2CCNC2)nc1C1CCOCC1. The smallest absolute Gasteiger partial charge is 0.194 e. The lowest BCUT2D eigenvalue weighted by Gasteiger charge is -2.19. The molecule has 1 aromatic rings. The van der Waals surface area contributed by atoms with Crippen LogP contribution in [-0.4, -0.2) is 31.3 Å². The molecular formula is C13H20N2O2. The van der Waals surface area contributed by atoms with Crippen molar-refractivity contribution in [3.05, 3.63) is 17.8 Å². The first-order valence-electron chi connectivity index (χ1n) is 6.64. The van der Waals surface area contributed by atoms with Crippen LogP contribution in [0.15, 0.2) is 10.7 Å². The van der Waals surface area contributed by atoms with Crippen LogP contribution in [0.25, 0.3) is 0 Å². The van der Waals surface area contributed by atoms with Crippen LogP contribution in [0.3, 0.4) is 0 Å². The highest BCUT2D eigenvalue weighted by atomic mass is 16.5. The first-order valence-corrected chi connectivity index (χ1v) is 6.64. The summed E-state index contributed by atoms with van der Waals surface area (Å²) in [5, 5.41) is 3.38. The lowest BCUT2D eigenvalue weighted by molar-refractivity contribution is 0.0845. The molecule has 2 aliphatic heterocycles. The summed E-state index contributed by atoms with van der Waals surface area (Å²) in [6.45, 7) is 3.96. The predicted molar refractivity (Wildman–Crippen MR) is 64.0 cm³/mol. The molecular weight excluding hydrogens is 216 g/mol. The van der Waals surface area contributed by atoms with Gasteiger partial charge in [0.2, 0.25) is 0 Å². The van der Waals surface area contributed by atoms with E-state index < -0.39 is 0 Å². The van der Waals surface area contributed by atoms with Crippen LogP contribution >= 0.6 is 0 Å². The molecule has 0 aliphatic carbocycles. The van der Waals surface area contributed by atoms with Gasteiger partial charge in [-0.15, -0.1) is 0 Å². The van der Waals surface area contributed by atoms with E-state index in [4.69, 9.17) is 9.15 Å². The van der Waals surface area contributed by atoms with E-state index in [9.17, 15) is 0 Å². The molecule has 2 saturated heterocycles. The van der Waals surface area contributed by atoms with Gasteiger partial charge in [-0.1, -0.05) is 0 Å². The van der Waals surface area contributed by atoms with Crippen molar-refractivity contribution < 1.29 is 9.15 Å². The van der Waals surface area contributed by atoms with Gasteiger partial charge in [0.1, 0.15) is 6.26 Å². The van der Waals surface area contributed by atoms with Gasteiger partial charge >= 0.3 is 0 Å². The van der Waals surface area contributed by atoms with Crippen molar-refractivity contribution in [1.82, 2.24) is 10.3 Å². The molecule has 0 spiro atoms. The third kappa shape index (κ3) is 2.69. The molecule has 1 atom stereocenters. The summed E-state index contributed by atoms with van der Waals surface area (Å²) in [5.74, 6) is 2.17. The van der Waals surface area contributed by atoms with E-state index in [2.05, 4.69) is 10.3 Å². The maximum absolute atomic E-state index is 5.60. The second-order valence-corrected chi connectivity index (χ2v) is 5.12. The van der Waals surface area contributed by atoms with Gasteiger partial charge < -0.3 is 14.5 Å². The Hall–Kier alpha value is -0.870. The summed E-state index contributed by atoms with van der Waals surface area (Å²) < 4.78 is 11.0. The molecule has 0 amide bonds. The first kappa shape index (κ1) is 11.2. The topological polar surface area (TPSA) is 47.3 Å². The van der Waals surface area contributed by atoms with Crippen LogP contribution in [0.1, 0.15) is 36.8 Å². The zero-order valence-corrected chi connectivity index (χ0v) is 10.2. The third-order valence-electron chi connectivity index (χ3n) is 3.83. The Bertz CT molecular complexity index is 352. The highest BCUT2D eigenvalue weighted by molar-refractivity contribution is 5.05. The van der Waals surface area contributed by atoms with Crippen LogP contribution < -0.4 is 5.32 Å². The van der Waals surface area contributed by atoms with Crippen molar-refractivity contribution in [1.29, 1.82) is 0 Å². The number of hydrogen-bond acceptors (Lipinski definition) is 4. The molecule has 0 bridgehead atoms. The van der Waals surface area contributed by atoms with E-state index in [1.54, 1.807) is 0 Å². The molecule has 3 heterocycles. The van der Waals surface area contributed by atoms with E-state index in [1.165, 1.54) is 6.42 Å². The Kier molecular flexibility index (Phi) is 3.43. The fourth-order valence-corrected chi connectivity index (χ4v) is 2.74. The number of ether oxygens (including phenoxy) is 1. The van der Waals surface area contributed by atoms with Gasteiger partial charge in [0.05, 0.1) is 5.69 Å². The lowest BCUT2D eigenvalue weighted by Crippen LogP contribution is -2.14. The summed E-state index contributed by atoms with van der Waals surface area (Å²) in [6.07, 6.45) is 6.24. The Morgan fingerprint density at radius 1 is 1.29 bits per heavy atom. The average Bonchev–Trinajstić information content (AvgIpc) is 3.02. The molecule has 1 N–H and O–H groups in total. The van der Waals surface area contributed by atoms with E-state index in [1.807, 2.05) is 6.26 Å². The quantitative estimate of drug-likeness (QED) is 0.868. The molecule has 4 nitrogen and oxygen atoms in total. The summed E-state index contributed by atoms with van der Waals surface area (Å²) in [6, 6.07) is 0. The van der Waals surface area contributed by atoms with Crippen LogP contribution in [0.4, 0.5) is 0 Å². The minimum absolute atomic E-state index is 0.544. The Balaban J connectivity index is 1.60. The van der Waals surface area contributed by atoms with E-state index in [0.717, 1.165) is 57.2 Å². The fourth-order valence-electron chi connectivity index (χ4n) is 2.74. The number of nitrogens with one attached hydrogen (secondary N) is 1. The van der Waals surface area contributed by atoms with Crippen molar-refractivity contribution >= 4 is 0 Å². The second kappa shape index (κ2) is 5.19. The molecule has 2 aliphatic rings. The van der Waals surface area contributed by atoms with Crippen LogP contribution in [-0.2, 0) is 11.2 Å². The first-order chi connectivity index (χ1) is 8.42. The maximum atomic E-state index is 5.60. The van der Waals surface area contributed by atoms with Gasteiger partial charge in [-0.25, -0.2) is 4.98 Å². The maximum Gasteiger partial charge on any atom is 0.194 e. The number of nitrogens with zero attached hydrogens (tertiary/aromatic N) is 1. The largest absolute Gasteiger partial charge is 0.449 e. The monoisotopic (exact) mass is 236 g/mol. The summed E-state index contributed by atoms with van der Waals surface area (Å²) in [5.41, 5.74) is 1.13. The van der Waals surface area contributed by atoms with Crippen molar-refractivity contribution in [3.63, 3.8) is 0 Å². The van der Waals surface area contributed by atoms with Crippen molar-refractivity contribution in [2.75, 3.05) is 26.3 Å². The number of rotatable bonds is 3. The van der Waals surface area contributed by atoms with Crippen molar-refractivity contribution in [2.24, 2.45) is 5.92 Å². The number of aromatic nitrogens is 1. The molecule has 3 rings (SSSR count). The zero-order valence-electron chi connectivity index (χ0n) is 10.2.